The molecule has 0 bridgehead atoms. The molecule has 28 heavy (non-hydrogen) atoms. The van der Waals surface area contributed by atoms with E-state index in [1.54, 1.807) is 24.5 Å². The number of aromatic nitrogens is 3. The van der Waals surface area contributed by atoms with Crippen molar-refractivity contribution in [2.24, 2.45) is 5.92 Å². The summed E-state index contributed by atoms with van der Waals surface area (Å²) in [6.45, 7) is 5.61. The maximum Gasteiger partial charge on any atom is 0.266 e. The van der Waals surface area contributed by atoms with Crippen molar-refractivity contribution in [1.82, 2.24) is 24.6 Å². The Kier molecular flexibility index (Phi) is 5.78. The number of pyridine rings is 1. The smallest absolute Gasteiger partial charge is 0.266 e. The highest BCUT2D eigenvalue weighted by Gasteiger charge is 2.29. The molecule has 2 fully saturated rings. The van der Waals surface area contributed by atoms with Crippen LogP contribution >= 0.6 is 0 Å². The van der Waals surface area contributed by atoms with Crippen molar-refractivity contribution in [3.8, 4) is 11.3 Å². The van der Waals surface area contributed by atoms with Gasteiger partial charge in [-0.1, -0.05) is 0 Å². The van der Waals surface area contributed by atoms with E-state index in [9.17, 15) is 9.59 Å². The van der Waals surface area contributed by atoms with Gasteiger partial charge in [-0.25, -0.2) is 4.68 Å². The van der Waals surface area contributed by atoms with E-state index in [0.29, 0.717) is 19.8 Å². The molecule has 0 aromatic carbocycles. The van der Waals surface area contributed by atoms with Crippen LogP contribution in [0.2, 0.25) is 0 Å². The third-order valence-corrected chi connectivity index (χ3v) is 5.43. The molecule has 4 rings (SSSR count). The van der Waals surface area contributed by atoms with Crippen molar-refractivity contribution >= 4 is 5.91 Å². The van der Waals surface area contributed by atoms with Crippen LogP contribution < -0.4 is 5.56 Å². The Morgan fingerprint density at radius 1 is 1.07 bits per heavy atom. The van der Waals surface area contributed by atoms with Crippen molar-refractivity contribution in [3.63, 3.8) is 0 Å². The van der Waals surface area contributed by atoms with Gasteiger partial charge in [-0.2, -0.15) is 5.10 Å². The zero-order chi connectivity index (χ0) is 19.3. The van der Waals surface area contributed by atoms with Gasteiger partial charge in [-0.15, -0.1) is 0 Å². The quantitative estimate of drug-likeness (QED) is 0.747. The maximum atomic E-state index is 12.5. The number of hydrogen-bond acceptors (Lipinski definition) is 6. The highest BCUT2D eigenvalue weighted by atomic mass is 16.5. The van der Waals surface area contributed by atoms with Gasteiger partial charge in [0.25, 0.3) is 5.56 Å². The summed E-state index contributed by atoms with van der Waals surface area (Å²) in [5, 5.41) is 4.49. The van der Waals surface area contributed by atoms with Crippen LogP contribution in [0.4, 0.5) is 0 Å². The Morgan fingerprint density at radius 2 is 1.86 bits per heavy atom. The van der Waals surface area contributed by atoms with Crippen LogP contribution in [0.15, 0.2) is 41.5 Å². The van der Waals surface area contributed by atoms with E-state index in [2.05, 4.69) is 15.0 Å². The third kappa shape index (κ3) is 4.28. The topological polar surface area (TPSA) is 80.6 Å². The predicted molar refractivity (Wildman–Crippen MR) is 104 cm³/mol. The number of nitrogens with zero attached hydrogens (tertiary/aromatic N) is 5. The minimum absolute atomic E-state index is 0.0326. The summed E-state index contributed by atoms with van der Waals surface area (Å²) in [6, 6.07) is 7.06. The van der Waals surface area contributed by atoms with Crippen molar-refractivity contribution in [3.05, 3.63) is 47.0 Å². The van der Waals surface area contributed by atoms with Crippen LogP contribution in [0.1, 0.15) is 6.42 Å². The summed E-state index contributed by atoms with van der Waals surface area (Å²) in [5.74, 6) is 0.255. The van der Waals surface area contributed by atoms with Crippen LogP contribution in [-0.2, 0) is 16.1 Å². The molecule has 1 atom stereocenters. The zero-order valence-electron chi connectivity index (χ0n) is 15.9. The van der Waals surface area contributed by atoms with Crippen LogP contribution in [0.5, 0.6) is 0 Å². The average Bonchev–Trinajstić information content (AvgIpc) is 3.29. The Hall–Kier alpha value is -2.58. The molecule has 0 aliphatic carbocycles. The van der Waals surface area contributed by atoms with E-state index in [4.69, 9.17) is 4.74 Å². The standard InChI is InChI=1S/C20H25N5O3/c26-19-2-1-18(16-3-6-21-7-4-16)22-25(19)13-10-23-8-11-24(12-9-23)20(27)17-5-14-28-15-17/h1-4,6-7,17H,5,8-15H2. The minimum Gasteiger partial charge on any atom is -0.381 e. The third-order valence-electron chi connectivity index (χ3n) is 5.43. The minimum atomic E-state index is -0.104. The van der Waals surface area contributed by atoms with Crippen molar-refractivity contribution in [2.75, 3.05) is 45.9 Å². The van der Waals surface area contributed by atoms with E-state index in [0.717, 1.165) is 50.4 Å². The number of amides is 1. The number of ether oxygens (including phenoxy) is 1. The highest BCUT2D eigenvalue weighted by Crippen LogP contribution is 2.17. The molecule has 2 saturated heterocycles. The lowest BCUT2D eigenvalue weighted by Gasteiger charge is -2.35. The van der Waals surface area contributed by atoms with Gasteiger partial charge in [0.15, 0.2) is 0 Å². The fourth-order valence-electron chi connectivity index (χ4n) is 3.70. The molecular formula is C20H25N5O3. The molecule has 4 heterocycles. The summed E-state index contributed by atoms with van der Waals surface area (Å²) in [4.78, 5) is 32.9. The summed E-state index contributed by atoms with van der Waals surface area (Å²) in [5.41, 5.74) is 1.59. The van der Waals surface area contributed by atoms with Gasteiger partial charge in [0.1, 0.15) is 0 Å². The Balaban J connectivity index is 1.32. The number of carbonyl (C=O) groups excluding carboxylic acids is 1. The second kappa shape index (κ2) is 8.62. The fourth-order valence-corrected chi connectivity index (χ4v) is 3.70. The molecule has 2 aliphatic heterocycles. The Morgan fingerprint density at radius 3 is 2.57 bits per heavy atom. The molecular weight excluding hydrogens is 358 g/mol. The van der Waals surface area contributed by atoms with E-state index in [1.165, 1.54) is 4.68 Å². The first-order chi connectivity index (χ1) is 13.7. The van der Waals surface area contributed by atoms with Gasteiger partial charge in [0.2, 0.25) is 5.91 Å². The number of piperazine rings is 1. The predicted octanol–water partition coefficient (Wildman–Crippen LogP) is 0.486. The van der Waals surface area contributed by atoms with Gasteiger partial charge < -0.3 is 9.64 Å². The molecule has 1 unspecified atom stereocenters. The molecule has 2 aliphatic rings. The molecule has 0 saturated carbocycles. The van der Waals surface area contributed by atoms with E-state index < -0.39 is 0 Å². The van der Waals surface area contributed by atoms with Crippen molar-refractivity contribution in [2.45, 2.75) is 13.0 Å². The van der Waals surface area contributed by atoms with Crippen molar-refractivity contribution in [1.29, 1.82) is 0 Å². The molecule has 0 spiro atoms. The molecule has 8 heteroatoms. The molecule has 148 valence electrons. The summed E-state index contributed by atoms with van der Waals surface area (Å²) in [6.07, 6.45) is 4.26. The van der Waals surface area contributed by atoms with Crippen molar-refractivity contribution < 1.29 is 9.53 Å². The second-order valence-electron chi connectivity index (χ2n) is 7.24. The van der Waals surface area contributed by atoms with E-state index in [-0.39, 0.29) is 17.4 Å². The second-order valence-corrected chi connectivity index (χ2v) is 7.24. The molecule has 1 amide bonds. The molecule has 0 radical (unpaired) electrons. The molecule has 2 aromatic heterocycles. The monoisotopic (exact) mass is 383 g/mol. The summed E-state index contributed by atoms with van der Waals surface area (Å²) in [7, 11) is 0. The van der Waals surface area contributed by atoms with E-state index in [1.807, 2.05) is 17.0 Å². The Bertz CT molecular complexity index is 856. The lowest BCUT2D eigenvalue weighted by atomic mass is 10.1. The summed E-state index contributed by atoms with van der Waals surface area (Å²) < 4.78 is 6.85. The average molecular weight is 383 g/mol. The van der Waals surface area contributed by atoms with Crippen LogP contribution in [-0.4, -0.2) is 76.4 Å². The normalized spacial score (nSPS) is 20.4. The van der Waals surface area contributed by atoms with Crippen LogP contribution in [0, 0.1) is 5.92 Å². The van der Waals surface area contributed by atoms with Gasteiger partial charge in [0, 0.05) is 63.4 Å². The number of rotatable bonds is 5. The van der Waals surface area contributed by atoms with Gasteiger partial charge >= 0.3 is 0 Å². The lowest BCUT2D eigenvalue weighted by molar-refractivity contribution is -0.137. The summed E-state index contributed by atoms with van der Waals surface area (Å²) >= 11 is 0. The van der Waals surface area contributed by atoms with Crippen LogP contribution in [0.25, 0.3) is 11.3 Å². The highest BCUT2D eigenvalue weighted by molar-refractivity contribution is 5.79. The molecule has 8 nitrogen and oxygen atoms in total. The lowest BCUT2D eigenvalue weighted by Crippen LogP contribution is -2.51. The number of hydrogen-bond donors (Lipinski definition) is 0. The van der Waals surface area contributed by atoms with Gasteiger partial charge in [-0.3, -0.25) is 19.5 Å². The zero-order valence-corrected chi connectivity index (χ0v) is 15.9. The first kappa shape index (κ1) is 18.8. The molecule has 2 aromatic rings. The molecule has 0 N–H and O–H groups in total. The van der Waals surface area contributed by atoms with Gasteiger partial charge in [-0.05, 0) is 24.6 Å². The SMILES string of the molecule is O=C(C1CCOC1)N1CCN(CCn2nc(-c3ccncc3)ccc2=O)CC1. The largest absolute Gasteiger partial charge is 0.381 e. The fraction of sp³-hybridized carbons (Fsp3) is 0.500. The first-order valence-corrected chi connectivity index (χ1v) is 9.78. The maximum absolute atomic E-state index is 12.5. The first-order valence-electron chi connectivity index (χ1n) is 9.78. The van der Waals surface area contributed by atoms with Gasteiger partial charge in [0.05, 0.1) is 24.8 Å². The Labute approximate surface area is 163 Å². The van der Waals surface area contributed by atoms with E-state index >= 15 is 0 Å². The number of carbonyl (C=O) groups is 1. The van der Waals surface area contributed by atoms with Crippen LogP contribution in [0.3, 0.4) is 0 Å².